The van der Waals surface area contributed by atoms with E-state index in [1.54, 1.807) is 12.1 Å². The SMILES string of the molecule is O=C(O)c1cccnc1Oc1ccc(C[C@@H](CO)NC[C@H](O)COc2ccccc2)cc1. The van der Waals surface area contributed by atoms with Crippen LogP contribution in [0, 0.1) is 0 Å². The molecule has 0 aliphatic rings. The molecular weight excluding hydrogens is 412 g/mol. The van der Waals surface area contributed by atoms with Gasteiger partial charge in [0.25, 0.3) is 0 Å². The van der Waals surface area contributed by atoms with Crippen LogP contribution in [0.25, 0.3) is 0 Å². The Labute approximate surface area is 186 Å². The Hall–Kier alpha value is -3.46. The number of benzene rings is 2. The lowest BCUT2D eigenvalue weighted by Gasteiger charge is -2.19. The summed E-state index contributed by atoms with van der Waals surface area (Å²) in [5.41, 5.74) is 0.925. The van der Waals surface area contributed by atoms with Crippen molar-refractivity contribution < 1.29 is 29.6 Å². The summed E-state index contributed by atoms with van der Waals surface area (Å²) < 4.78 is 11.1. The van der Waals surface area contributed by atoms with Gasteiger partial charge in [-0.15, -0.1) is 0 Å². The normalized spacial score (nSPS) is 12.7. The number of pyridine rings is 1. The number of aromatic carboxylic acids is 1. The molecule has 168 valence electrons. The fourth-order valence-electron chi connectivity index (χ4n) is 3.00. The maximum absolute atomic E-state index is 11.3. The molecule has 1 heterocycles. The van der Waals surface area contributed by atoms with Crippen LogP contribution in [0.3, 0.4) is 0 Å². The molecule has 0 saturated carbocycles. The van der Waals surface area contributed by atoms with Gasteiger partial charge in [0, 0.05) is 18.8 Å². The van der Waals surface area contributed by atoms with E-state index >= 15 is 0 Å². The van der Waals surface area contributed by atoms with Crippen LogP contribution in [0.2, 0.25) is 0 Å². The average molecular weight is 438 g/mol. The second-order valence-electron chi connectivity index (χ2n) is 7.18. The van der Waals surface area contributed by atoms with Gasteiger partial charge < -0.3 is 30.1 Å². The third-order valence-corrected chi connectivity index (χ3v) is 4.67. The molecule has 0 aliphatic heterocycles. The summed E-state index contributed by atoms with van der Waals surface area (Å²) in [7, 11) is 0. The first-order valence-electron chi connectivity index (χ1n) is 10.2. The van der Waals surface area contributed by atoms with E-state index in [0.717, 1.165) is 5.56 Å². The van der Waals surface area contributed by atoms with E-state index in [0.29, 0.717) is 17.9 Å². The van der Waals surface area contributed by atoms with Crippen molar-refractivity contribution in [2.75, 3.05) is 19.8 Å². The zero-order chi connectivity index (χ0) is 22.8. The Bertz CT molecular complexity index is 981. The number of hydrogen-bond acceptors (Lipinski definition) is 7. The minimum Gasteiger partial charge on any atom is -0.491 e. The molecule has 0 radical (unpaired) electrons. The Balaban J connectivity index is 1.48. The summed E-state index contributed by atoms with van der Waals surface area (Å²) in [5.74, 6) is 0.0537. The number of aliphatic hydroxyl groups excluding tert-OH is 2. The minimum absolute atomic E-state index is 0.0177. The van der Waals surface area contributed by atoms with E-state index in [1.165, 1.54) is 18.3 Å². The van der Waals surface area contributed by atoms with Crippen molar-refractivity contribution in [3.63, 3.8) is 0 Å². The molecule has 32 heavy (non-hydrogen) atoms. The zero-order valence-electron chi connectivity index (χ0n) is 17.4. The first-order valence-corrected chi connectivity index (χ1v) is 10.2. The number of para-hydroxylation sites is 1. The molecule has 2 atom stereocenters. The highest BCUT2D eigenvalue weighted by atomic mass is 16.5. The molecule has 0 fully saturated rings. The fraction of sp³-hybridized carbons (Fsp3) is 0.250. The molecule has 8 nitrogen and oxygen atoms in total. The predicted octanol–water partition coefficient (Wildman–Crippen LogP) is 2.51. The van der Waals surface area contributed by atoms with Crippen LogP contribution in [-0.2, 0) is 6.42 Å². The fourth-order valence-corrected chi connectivity index (χ4v) is 3.00. The smallest absolute Gasteiger partial charge is 0.341 e. The first kappa shape index (κ1) is 23.2. The second kappa shape index (κ2) is 11.8. The molecule has 4 N–H and O–H groups in total. The summed E-state index contributed by atoms with van der Waals surface area (Å²) in [6.07, 6.45) is 1.28. The topological polar surface area (TPSA) is 121 Å². The van der Waals surface area contributed by atoms with Gasteiger partial charge in [0.15, 0.2) is 0 Å². The molecule has 0 bridgehead atoms. The van der Waals surface area contributed by atoms with Crippen molar-refractivity contribution in [1.82, 2.24) is 10.3 Å². The maximum atomic E-state index is 11.3. The molecule has 3 rings (SSSR count). The largest absolute Gasteiger partial charge is 0.491 e. The number of ether oxygens (including phenoxy) is 2. The zero-order valence-corrected chi connectivity index (χ0v) is 17.4. The van der Waals surface area contributed by atoms with Crippen LogP contribution in [0.15, 0.2) is 72.9 Å². The van der Waals surface area contributed by atoms with Crippen LogP contribution in [0.5, 0.6) is 17.4 Å². The van der Waals surface area contributed by atoms with Crippen molar-refractivity contribution in [3.05, 3.63) is 84.1 Å². The lowest BCUT2D eigenvalue weighted by molar-refractivity contribution is 0.0693. The van der Waals surface area contributed by atoms with Gasteiger partial charge in [-0.3, -0.25) is 0 Å². The lowest BCUT2D eigenvalue weighted by atomic mass is 10.1. The van der Waals surface area contributed by atoms with Gasteiger partial charge in [0.2, 0.25) is 5.88 Å². The number of aromatic nitrogens is 1. The van der Waals surface area contributed by atoms with Crippen molar-refractivity contribution in [2.24, 2.45) is 0 Å². The van der Waals surface area contributed by atoms with Crippen LogP contribution >= 0.6 is 0 Å². The lowest BCUT2D eigenvalue weighted by Crippen LogP contribution is -2.41. The van der Waals surface area contributed by atoms with Crippen molar-refractivity contribution in [2.45, 2.75) is 18.6 Å². The summed E-state index contributed by atoms with van der Waals surface area (Å²) in [6.45, 7) is 0.324. The highest BCUT2D eigenvalue weighted by molar-refractivity contribution is 5.90. The number of carboxylic acids is 1. The van der Waals surface area contributed by atoms with Crippen molar-refractivity contribution in [3.8, 4) is 17.4 Å². The van der Waals surface area contributed by atoms with Crippen molar-refractivity contribution >= 4 is 5.97 Å². The van der Waals surface area contributed by atoms with Crippen LogP contribution in [0.4, 0.5) is 0 Å². The molecule has 0 saturated heterocycles. The monoisotopic (exact) mass is 438 g/mol. The molecule has 0 aliphatic carbocycles. The summed E-state index contributed by atoms with van der Waals surface area (Å²) in [5, 5.41) is 32.2. The Morgan fingerprint density at radius 1 is 1.00 bits per heavy atom. The van der Waals surface area contributed by atoms with E-state index in [4.69, 9.17) is 9.47 Å². The molecule has 0 spiro atoms. The summed E-state index contributed by atoms with van der Waals surface area (Å²) in [6, 6.07) is 19.1. The van der Waals surface area contributed by atoms with Gasteiger partial charge in [-0.05, 0) is 48.4 Å². The quantitative estimate of drug-likeness (QED) is 0.340. The van der Waals surface area contributed by atoms with E-state index < -0.39 is 12.1 Å². The maximum Gasteiger partial charge on any atom is 0.341 e. The van der Waals surface area contributed by atoms with Crippen LogP contribution < -0.4 is 14.8 Å². The third-order valence-electron chi connectivity index (χ3n) is 4.67. The Kier molecular flexibility index (Phi) is 8.56. The number of carbonyl (C=O) groups is 1. The highest BCUT2D eigenvalue weighted by Gasteiger charge is 2.14. The number of nitrogens with one attached hydrogen (secondary N) is 1. The van der Waals surface area contributed by atoms with Gasteiger partial charge in [-0.25, -0.2) is 9.78 Å². The van der Waals surface area contributed by atoms with Crippen LogP contribution in [0.1, 0.15) is 15.9 Å². The molecule has 3 aromatic rings. The Morgan fingerprint density at radius 2 is 1.75 bits per heavy atom. The van der Waals surface area contributed by atoms with Crippen molar-refractivity contribution in [1.29, 1.82) is 0 Å². The van der Waals surface area contributed by atoms with Gasteiger partial charge in [-0.2, -0.15) is 0 Å². The van der Waals surface area contributed by atoms with Gasteiger partial charge >= 0.3 is 5.97 Å². The molecule has 0 unspecified atom stereocenters. The number of rotatable bonds is 12. The summed E-state index contributed by atoms with van der Waals surface area (Å²) >= 11 is 0. The molecule has 8 heteroatoms. The second-order valence-corrected chi connectivity index (χ2v) is 7.18. The van der Waals surface area contributed by atoms with Gasteiger partial charge in [0.05, 0.1) is 6.61 Å². The van der Waals surface area contributed by atoms with E-state index in [-0.39, 0.29) is 37.2 Å². The molecule has 2 aromatic carbocycles. The molecular formula is C24H26N2O6. The molecule has 0 amide bonds. The van der Waals surface area contributed by atoms with Crippen LogP contribution in [-0.4, -0.2) is 58.2 Å². The van der Waals surface area contributed by atoms with Gasteiger partial charge in [0.1, 0.15) is 29.8 Å². The average Bonchev–Trinajstić information content (AvgIpc) is 2.82. The first-order chi connectivity index (χ1) is 15.5. The minimum atomic E-state index is -1.11. The number of aliphatic hydroxyl groups is 2. The van der Waals surface area contributed by atoms with E-state index in [2.05, 4.69) is 10.3 Å². The highest BCUT2D eigenvalue weighted by Crippen LogP contribution is 2.23. The van der Waals surface area contributed by atoms with E-state index in [9.17, 15) is 20.1 Å². The standard InChI is InChI=1S/C24H26N2O6/c27-15-18(26-14-19(28)16-31-20-5-2-1-3-6-20)13-17-8-10-21(11-9-17)32-23-22(24(29)30)7-4-12-25-23/h1-12,18-19,26-28H,13-16H2,(H,29,30)/t18-,19-/m0/s1. The number of carboxylic acid groups (broad SMARTS) is 1. The number of nitrogens with zero attached hydrogens (tertiary/aromatic N) is 1. The third kappa shape index (κ3) is 7.05. The van der Waals surface area contributed by atoms with E-state index in [1.807, 2.05) is 42.5 Å². The predicted molar refractivity (Wildman–Crippen MR) is 118 cm³/mol. The summed E-state index contributed by atoms with van der Waals surface area (Å²) in [4.78, 5) is 15.2. The Morgan fingerprint density at radius 3 is 2.44 bits per heavy atom. The molecule has 1 aromatic heterocycles. The number of hydrogen-bond donors (Lipinski definition) is 4. The van der Waals surface area contributed by atoms with Gasteiger partial charge in [-0.1, -0.05) is 30.3 Å².